The lowest BCUT2D eigenvalue weighted by molar-refractivity contribution is -0.144. The Labute approximate surface area is 169 Å². The molecule has 0 radical (unpaired) electrons. The first-order valence-electron chi connectivity index (χ1n) is 9.25. The number of amides is 2. The number of hydrogen-bond acceptors (Lipinski definition) is 6. The van der Waals surface area contributed by atoms with Gasteiger partial charge in [0.05, 0.1) is 30.4 Å². The van der Waals surface area contributed by atoms with E-state index in [1.807, 2.05) is 0 Å². The molecule has 1 heterocycles. The Morgan fingerprint density at radius 1 is 1.25 bits per heavy atom. The fourth-order valence-electron chi connectivity index (χ4n) is 2.69. The standard InChI is InChI=1S/C19H25N3O5S/c1-2-26-17(24)10-9-16(23)22-19(28)21-15-8-4-3-7-14(15)18(25)20-12-13-6-5-11-27-13/h3-4,7-8,13H,2,5-6,9-12H2,1H3,(H,20,25)(H2,21,22,23,28). The number of ether oxygens (including phenoxy) is 2. The maximum Gasteiger partial charge on any atom is 0.306 e. The second-order valence-electron chi connectivity index (χ2n) is 6.20. The molecule has 0 spiro atoms. The van der Waals surface area contributed by atoms with Gasteiger partial charge in [0.15, 0.2) is 5.11 Å². The molecular weight excluding hydrogens is 382 g/mol. The van der Waals surface area contributed by atoms with Crippen molar-refractivity contribution in [3.05, 3.63) is 29.8 Å². The van der Waals surface area contributed by atoms with E-state index in [2.05, 4.69) is 16.0 Å². The minimum atomic E-state index is -0.440. The average molecular weight is 407 g/mol. The molecule has 0 bridgehead atoms. The first kappa shape index (κ1) is 21.8. The van der Waals surface area contributed by atoms with E-state index in [9.17, 15) is 14.4 Å². The lowest BCUT2D eigenvalue weighted by atomic mass is 10.1. The van der Waals surface area contributed by atoms with E-state index in [1.165, 1.54) is 0 Å². The van der Waals surface area contributed by atoms with E-state index >= 15 is 0 Å². The maximum absolute atomic E-state index is 12.5. The number of benzene rings is 1. The lowest BCUT2D eigenvalue weighted by Crippen LogP contribution is -2.36. The Bertz CT molecular complexity index is 719. The largest absolute Gasteiger partial charge is 0.466 e. The molecular formula is C19H25N3O5S. The van der Waals surface area contributed by atoms with Crippen molar-refractivity contribution < 1.29 is 23.9 Å². The zero-order valence-corrected chi connectivity index (χ0v) is 16.6. The van der Waals surface area contributed by atoms with E-state index in [-0.39, 0.29) is 36.6 Å². The third-order valence-corrected chi connectivity index (χ3v) is 4.25. The van der Waals surface area contributed by atoms with Crippen molar-refractivity contribution >= 4 is 40.8 Å². The summed E-state index contributed by atoms with van der Waals surface area (Å²) in [6.07, 6.45) is 1.92. The van der Waals surface area contributed by atoms with E-state index in [0.29, 0.717) is 17.8 Å². The molecule has 8 nitrogen and oxygen atoms in total. The molecule has 0 aliphatic carbocycles. The van der Waals surface area contributed by atoms with Gasteiger partial charge in [0.1, 0.15) is 0 Å². The van der Waals surface area contributed by atoms with Gasteiger partial charge in [-0.05, 0) is 44.1 Å². The number of nitrogens with one attached hydrogen (secondary N) is 3. The summed E-state index contributed by atoms with van der Waals surface area (Å²) in [7, 11) is 0. The summed E-state index contributed by atoms with van der Waals surface area (Å²) in [5, 5.41) is 8.25. The minimum Gasteiger partial charge on any atom is -0.466 e. The van der Waals surface area contributed by atoms with Gasteiger partial charge in [0.2, 0.25) is 5.91 Å². The van der Waals surface area contributed by atoms with Crippen LogP contribution in [0, 0.1) is 0 Å². The van der Waals surface area contributed by atoms with Crippen LogP contribution in [0.1, 0.15) is 43.0 Å². The van der Waals surface area contributed by atoms with Crippen LogP contribution in [0.15, 0.2) is 24.3 Å². The van der Waals surface area contributed by atoms with Crippen LogP contribution in [-0.4, -0.2) is 48.8 Å². The van der Waals surface area contributed by atoms with Crippen LogP contribution in [0.5, 0.6) is 0 Å². The predicted molar refractivity (Wildman–Crippen MR) is 108 cm³/mol. The Morgan fingerprint density at radius 3 is 2.75 bits per heavy atom. The maximum atomic E-state index is 12.5. The molecule has 1 aromatic carbocycles. The number of hydrogen-bond donors (Lipinski definition) is 3. The molecule has 0 saturated carbocycles. The van der Waals surface area contributed by atoms with Crippen molar-refractivity contribution in [2.24, 2.45) is 0 Å². The monoisotopic (exact) mass is 407 g/mol. The van der Waals surface area contributed by atoms with Gasteiger partial charge < -0.3 is 25.4 Å². The van der Waals surface area contributed by atoms with Crippen LogP contribution in [0.2, 0.25) is 0 Å². The number of esters is 1. The van der Waals surface area contributed by atoms with Crippen molar-refractivity contribution in [3.8, 4) is 0 Å². The molecule has 2 rings (SSSR count). The van der Waals surface area contributed by atoms with Crippen LogP contribution in [0.4, 0.5) is 5.69 Å². The third-order valence-electron chi connectivity index (χ3n) is 4.05. The smallest absolute Gasteiger partial charge is 0.306 e. The Balaban J connectivity index is 1.85. The normalized spacial score (nSPS) is 15.5. The third kappa shape index (κ3) is 7.24. The van der Waals surface area contributed by atoms with Gasteiger partial charge in [-0.2, -0.15) is 0 Å². The summed E-state index contributed by atoms with van der Waals surface area (Å²) in [5.41, 5.74) is 0.881. The van der Waals surface area contributed by atoms with Gasteiger partial charge in [-0.15, -0.1) is 0 Å². The summed E-state index contributed by atoms with van der Waals surface area (Å²) < 4.78 is 10.3. The number of rotatable bonds is 8. The highest BCUT2D eigenvalue weighted by Crippen LogP contribution is 2.16. The Morgan fingerprint density at radius 2 is 2.04 bits per heavy atom. The Hall–Kier alpha value is -2.52. The van der Waals surface area contributed by atoms with Gasteiger partial charge in [0.25, 0.3) is 5.91 Å². The molecule has 1 fully saturated rings. The van der Waals surface area contributed by atoms with Gasteiger partial charge >= 0.3 is 5.97 Å². The van der Waals surface area contributed by atoms with Crippen molar-refractivity contribution in [3.63, 3.8) is 0 Å². The second-order valence-corrected chi connectivity index (χ2v) is 6.61. The first-order valence-corrected chi connectivity index (χ1v) is 9.65. The van der Waals surface area contributed by atoms with Crippen molar-refractivity contribution in [1.29, 1.82) is 0 Å². The molecule has 28 heavy (non-hydrogen) atoms. The molecule has 152 valence electrons. The molecule has 1 atom stereocenters. The molecule has 2 amide bonds. The molecule has 1 aromatic rings. The molecule has 1 saturated heterocycles. The molecule has 0 aromatic heterocycles. The van der Waals surface area contributed by atoms with Crippen LogP contribution in [0.25, 0.3) is 0 Å². The van der Waals surface area contributed by atoms with Crippen LogP contribution < -0.4 is 16.0 Å². The van der Waals surface area contributed by atoms with Gasteiger partial charge in [-0.25, -0.2) is 0 Å². The highest BCUT2D eigenvalue weighted by Gasteiger charge is 2.18. The molecule has 1 aliphatic heterocycles. The summed E-state index contributed by atoms with van der Waals surface area (Å²) in [5.74, 6) is -1.11. The number of anilines is 1. The molecule has 1 aliphatic rings. The molecule has 9 heteroatoms. The number of carbonyl (C=O) groups excluding carboxylic acids is 3. The van der Waals surface area contributed by atoms with E-state index in [1.54, 1.807) is 31.2 Å². The summed E-state index contributed by atoms with van der Waals surface area (Å²) in [6.45, 7) is 3.14. The van der Waals surface area contributed by atoms with Crippen molar-refractivity contribution in [2.45, 2.75) is 38.7 Å². The van der Waals surface area contributed by atoms with Gasteiger partial charge in [0, 0.05) is 19.6 Å². The predicted octanol–water partition coefficient (Wildman–Crippen LogP) is 1.75. The number of thiocarbonyl (C=S) groups is 1. The highest BCUT2D eigenvalue weighted by atomic mass is 32.1. The molecule has 1 unspecified atom stereocenters. The topological polar surface area (TPSA) is 106 Å². The fourth-order valence-corrected chi connectivity index (χ4v) is 2.91. The average Bonchev–Trinajstić information content (AvgIpc) is 3.18. The zero-order chi connectivity index (χ0) is 20.4. The highest BCUT2D eigenvalue weighted by molar-refractivity contribution is 7.80. The first-order chi connectivity index (χ1) is 13.5. The summed E-state index contributed by atoms with van der Waals surface area (Å²) in [4.78, 5) is 35.7. The summed E-state index contributed by atoms with van der Waals surface area (Å²) >= 11 is 5.13. The van der Waals surface area contributed by atoms with Crippen LogP contribution >= 0.6 is 12.2 Å². The quantitative estimate of drug-likeness (QED) is 0.445. The minimum absolute atomic E-state index is 0.0233. The summed E-state index contributed by atoms with van der Waals surface area (Å²) in [6, 6.07) is 6.86. The van der Waals surface area contributed by atoms with E-state index < -0.39 is 11.9 Å². The van der Waals surface area contributed by atoms with Crippen LogP contribution in [-0.2, 0) is 19.1 Å². The number of carbonyl (C=O) groups is 3. The van der Waals surface area contributed by atoms with Crippen molar-refractivity contribution in [1.82, 2.24) is 10.6 Å². The van der Waals surface area contributed by atoms with Crippen LogP contribution in [0.3, 0.4) is 0 Å². The number of para-hydroxylation sites is 1. The fraction of sp³-hybridized carbons (Fsp3) is 0.474. The SMILES string of the molecule is CCOC(=O)CCC(=O)NC(=S)Nc1ccccc1C(=O)NCC1CCCO1. The molecule has 3 N–H and O–H groups in total. The Kier molecular flexibility index (Phi) is 8.83. The van der Waals surface area contributed by atoms with Crippen molar-refractivity contribution in [2.75, 3.05) is 25.1 Å². The zero-order valence-electron chi connectivity index (χ0n) is 15.8. The van der Waals surface area contributed by atoms with E-state index in [4.69, 9.17) is 21.7 Å². The lowest BCUT2D eigenvalue weighted by Gasteiger charge is -2.15. The van der Waals surface area contributed by atoms with Gasteiger partial charge in [-0.3, -0.25) is 14.4 Å². The second kappa shape index (κ2) is 11.4. The van der Waals surface area contributed by atoms with E-state index in [0.717, 1.165) is 19.4 Å². The van der Waals surface area contributed by atoms with Gasteiger partial charge in [-0.1, -0.05) is 12.1 Å².